The minimum atomic E-state index is -4.47. The fourth-order valence-corrected chi connectivity index (χ4v) is 9.93. The molecule has 0 radical (unpaired) electrons. The first-order valence-corrected chi connectivity index (χ1v) is 34.4. The van der Waals surface area contributed by atoms with Crippen LogP contribution < -0.4 is 5.32 Å². The third-order valence-electron chi connectivity index (χ3n) is 14.3. The predicted molar refractivity (Wildman–Crippen MR) is 341 cm³/mol. The van der Waals surface area contributed by atoms with Gasteiger partial charge in [-0.3, -0.25) is 18.6 Å². The molecule has 0 heterocycles. The lowest BCUT2D eigenvalue weighted by atomic mass is 10.0. The van der Waals surface area contributed by atoms with Crippen LogP contribution in [-0.2, 0) is 27.9 Å². The fraction of sp³-hybridized carbons (Fsp3) is 0.768. The number of amides is 1. The van der Waals surface area contributed by atoms with E-state index in [1.54, 1.807) is 0 Å². The first-order chi connectivity index (χ1) is 38.4. The number of carbonyl (C=O) groups is 2. The highest BCUT2D eigenvalue weighted by atomic mass is 31.2. The molecule has 0 aliphatic heterocycles. The number of phosphoric acid groups is 1. The van der Waals surface area contributed by atoms with E-state index in [0.717, 1.165) is 70.6 Å². The first-order valence-electron chi connectivity index (χ1n) is 32.9. The average Bonchev–Trinajstić information content (AvgIpc) is 3.41. The van der Waals surface area contributed by atoms with Crippen molar-refractivity contribution < 1.29 is 37.3 Å². The van der Waals surface area contributed by atoms with Gasteiger partial charge in [-0.1, -0.05) is 260 Å². The second-order valence-corrected chi connectivity index (χ2v) is 24.7. The highest BCUT2D eigenvalue weighted by Crippen LogP contribution is 2.43. The molecule has 0 aromatic heterocycles. The molecule has 79 heavy (non-hydrogen) atoms. The molecule has 1 amide bonds. The smallest absolute Gasteiger partial charge is 0.456 e. The van der Waals surface area contributed by atoms with E-state index in [2.05, 4.69) is 99.0 Å². The van der Waals surface area contributed by atoms with Crippen molar-refractivity contribution in [3.8, 4) is 0 Å². The zero-order valence-corrected chi connectivity index (χ0v) is 53.2. The topological polar surface area (TPSA) is 111 Å². The summed E-state index contributed by atoms with van der Waals surface area (Å²) in [6.45, 7) is 6.93. The summed E-state index contributed by atoms with van der Waals surface area (Å²) >= 11 is 0. The van der Waals surface area contributed by atoms with Crippen molar-refractivity contribution in [2.45, 2.75) is 303 Å². The number of rotatable bonds is 59. The van der Waals surface area contributed by atoms with Crippen LogP contribution in [0.25, 0.3) is 0 Å². The van der Waals surface area contributed by atoms with E-state index in [1.165, 1.54) is 180 Å². The summed E-state index contributed by atoms with van der Waals surface area (Å²) in [6, 6.07) is -0.881. The van der Waals surface area contributed by atoms with Crippen molar-refractivity contribution in [3.05, 3.63) is 85.1 Å². The van der Waals surface area contributed by atoms with E-state index >= 15 is 0 Å². The monoisotopic (exact) mass is 1130 g/mol. The van der Waals surface area contributed by atoms with Gasteiger partial charge in [0, 0.05) is 12.8 Å². The van der Waals surface area contributed by atoms with Crippen LogP contribution in [0.5, 0.6) is 0 Å². The van der Waals surface area contributed by atoms with Crippen molar-refractivity contribution in [1.29, 1.82) is 0 Å². The predicted octanol–water partition coefficient (Wildman–Crippen LogP) is 20.6. The van der Waals surface area contributed by atoms with Crippen molar-refractivity contribution >= 4 is 19.7 Å². The normalized spacial score (nSPS) is 14.2. The van der Waals surface area contributed by atoms with Crippen molar-refractivity contribution in [3.63, 3.8) is 0 Å². The van der Waals surface area contributed by atoms with Gasteiger partial charge < -0.3 is 19.4 Å². The molecule has 0 aliphatic carbocycles. The Hall–Kier alpha value is -2.81. The molecule has 0 fully saturated rings. The summed E-state index contributed by atoms with van der Waals surface area (Å²) in [7, 11) is 1.46. The number of nitrogens with zero attached hydrogens (tertiary/aromatic N) is 1. The molecule has 3 unspecified atom stereocenters. The first kappa shape index (κ1) is 76.2. The third-order valence-corrected chi connectivity index (χ3v) is 15.3. The lowest BCUT2D eigenvalue weighted by Gasteiger charge is -2.27. The van der Waals surface area contributed by atoms with Crippen LogP contribution in [0.15, 0.2) is 85.1 Å². The van der Waals surface area contributed by atoms with Gasteiger partial charge in [0.25, 0.3) is 0 Å². The van der Waals surface area contributed by atoms with Crippen LogP contribution in [0, 0.1) is 0 Å². The van der Waals surface area contributed by atoms with Crippen LogP contribution in [0.4, 0.5) is 0 Å². The molecule has 0 aromatic rings. The number of likely N-dealkylation sites (N-methyl/N-ethyl adjacent to an activating group) is 1. The fourth-order valence-electron chi connectivity index (χ4n) is 9.20. The maximum Gasteiger partial charge on any atom is 0.472 e. The minimum absolute atomic E-state index is 0.0276. The number of hydrogen-bond acceptors (Lipinski definition) is 6. The highest BCUT2D eigenvalue weighted by Gasteiger charge is 2.30. The molecular weight excluding hydrogens is 1000 g/mol. The summed E-state index contributed by atoms with van der Waals surface area (Å²) in [5.74, 6) is -0.568. The van der Waals surface area contributed by atoms with Gasteiger partial charge in [-0.2, -0.15) is 0 Å². The number of phosphoric ester groups is 1. The largest absolute Gasteiger partial charge is 0.472 e. The van der Waals surface area contributed by atoms with Crippen LogP contribution in [0.3, 0.4) is 0 Å². The van der Waals surface area contributed by atoms with E-state index in [4.69, 9.17) is 13.8 Å². The molecule has 3 atom stereocenters. The number of allylic oxidation sites excluding steroid dienone is 13. The lowest BCUT2D eigenvalue weighted by molar-refractivity contribution is -0.870. The number of unbranched alkanes of at least 4 members (excludes halogenated alkanes) is 31. The van der Waals surface area contributed by atoms with Crippen LogP contribution in [0.1, 0.15) is 290 Å². The second kappa shape index (κ2) is 58.4. The Bertz CT molecular complexity index is 1630. The Labute approximate surface area is 488 Å². The second-order valence-electron chi connectivity index (χ2n) is 23.3. The Balaban J connectivity index is 5.25. The maximum atomic E-state index is 13.5. The minimum Gasteiger partial charge on any atom is -0.456 e. The van der Waals surface area contributed by atoms with E-state index in [9.17, 15) is 19.0 Å². The van der Waals surface area contributed by atoms with Crippen molar-refractivity contribution in [1.82, 2.24) is 5.32 Å². The number of esters is 1. The Morgan fingerprint density at radius 3 is 1.20 bits per heavy atom. The molecule has 0 aliphatic rings. The Morgan fingerprint density at radius 1 is 0.443 bits per heavy atom. The van der Waals surface area contributed by atoms with E-state index in [-0.39, 0.29) is 37.9 Å². The van der Waals surface area contributed by atoms with Gasteiger partial charge in [0.05, 0.1) is 33.8 Å². The number of ether oxygens (including phenoxy) is 1. The van der Waals surface area contributed by atoms with Crippen LogP contribution in [-0.4, -0.2) is 74.3 Å². The maximum absolute atomic E-state index is 13.5. The molecule has 10 heteroatoms. The summed E-state index contributed by atoms with van der Waals surface area (Å²) < 4.78 is 30.7. The van der Waals surface area contributed by atoms with Gasteiger partial charge in [0.1, 0.15) is 19.3 Å². The summed E-state index contributed by atoms with van der Waals surface area (Å²) in [4.78, 5) is 37.8. The molecule has 0 spiro atoms. The zero-order valence-electron chi connectivity index (χ0n) is 52.3. The number of nitrogens with one attached hydrogen (secondary N) is 1. The van der Waals surface area contributed by atoms with Crippen LogP contribution >= 0.6 is 7.82 Å². The quantitative estimate of drug-likeness (QED) is 0.0205. The molecule has 9 nitrogen and oxygen atoms in total. The van der Waals surface area contributed by atoms with E-state index in [1.807, 2.05) is 33.3 Å². The molecule has 0 rings (SSSR count). The van der Waals surface area contributed by atoms with Gasteiger partial charge in [-0.05, 0) is 102 Å². The van der Waals surface area contributed by atoms with Crippen molar-refractivity contribution in [2.75, 3.05) is 40.9 Å². The Morgan fingerprint density at radius 2 is 0.785 bits per heavy atom. The molecule has 0 bridgehead atoms. The van der Waals surface area contributed by atoms with Crippen LogP contribution in [0.2, 0.25) is 0 Å². The molecule has 0 aromatic carbocycles. The van der Waals surface area contributed by atoms with Gasteiger partial charge in [0.2, 0.25) is 5.91 Å². The standard InChI is InChI=1S/C69H125N2O7P/c1-7-10-13-16-19-22-25-28-30-32-33-34-35-36-37-39-41-44-47-50-53-56-59-62-69(73)78-67(60-57-54-51-48-45-42-27-24-21-18-15-12-9-3)66(65-77-79(74,75)76-64-63-71(4,5)6)70-68(72)61-58-55-52-49-46-43-40-38-31-29-26-23-20-17-14-11-8-2/h19-20,22-23,28-31,40,43,49,52,57,60,66-67H,7-18,21,24-27,32-39,41-42,44-48,50-51,53-56,58-59,61-65H2,1-6H3,(H-,70,72,74,75)/p+1/b22-19-,23-20-,30-28-,31-29-,43-40-,52-49-,60-57-. The number of quaternary nitrogens is 1. The van der Waals surface area contributed by atoms with Gasteiger partial charge in [-0.15, -0.1) is 0 Å². The third kappa shape index (κ3) is 59.6. The Kier molecular flexibility index (Phi) is 56.3. The lowest BCUT2D eigenvalue weighted by Crippen LogP contribution is -2.47. The average molecular weight is 1130 g/mol. The molecule has 2 N–H and O–H groups in total. The molecule has 0 saturated carbocycles. The van der Waals surface area contributed by atoms with Crippen molar-refractivity contribution in [2.24, 2.45) is 0 Å². The highest BCUT2D eigenvalue weighted by molar-refractivity contribution is 7.47. The zero-order chi connectivity index (χ0) is 57.9. The van der Waals surface area contributed by atoms with Gasteiger partial charge in [-0.25, -0.2) is 4.57 Å². The molecule has 0 saturated heterocycles. The number of hydrogen-bond donors (Lipinski definition) is 2. The summed E-state index contributed by atoms with van der Waals surface area (Å²) in [5.41, 5.74) is 0. The summed E-state index contributed by atoms with van der Waals surface area (Å²) in [6.07, 6.45) is 77.4. The van der Waals surface area contributed by atoms with E-state index < -0.39 is 20.0 Å². The molecular formula is C69H126N2O7P+. The number of carbonyl (C=O) groups excluding carboxylic acids is 2. The summed E-state index contributed by atoms with van der Waals surface area (Å²) in [5, 5.41) is 3.03. The SMILES string of the molecule is CCCCC/C=C\C/C=C\C/C=C\C/C=C\CCCC(=O)NC(COP(=O)(O)OCC[N+](C)(C)C)C(/C=C\CCCCCCCCCCCCC)OC(=O)CCCCCCCCCCCCCCC/C=C\C/C=C\CCCCC. The van der Waals surface area contributed by atoms with E-state index in [0.29, 0.717) is 17.4 Å². The van der Waals surface area contributed by atoms with Gasteiger partial charge >= 0.3 is 13.8 Å². The van der Waals surface area contributed by atoms with Gasteiger partial charge in [0.15, 0.2) is 0 Å². The molecule has 458 valence electrons.